The zero-order valence-electron chi connectivity index (χ0n) is 16.5. The van der Waals surface area contributed by atoms with Crippen LogP contribution in [0.4, 0.5) is 0 Å². The van der Waals surface area contributed by atoms with E-state index in [1.54, 1.807) is 29.2 Å². The summed E-state index contributed by atoms with van der Waals surface area (Å²) in [6.07, 6.45) is 6.66. The number of ether oxygens (including phenoxy) is 1. The molecule has 29 heavy (non-hydrogen) atoms. The highest BCUT2D eigenvalue weighted by atomic mass is 16.5. The van der Waals surface area contributed by atoms with Crippen LogP contribution in [0.2, 0.25) is 0 Å². The zero-order chi connectivity index (χ0) is 20.1. The number of nitriles is 1. The van der Waals surface area contributed by atoms with Gasteiger partial charge in [0.05, 0.1) is 24.2 Å². The first-order valence-corrected chi connectivity index (χ1v) is 10.4. The molecule has 1 aliphatic carbocycles. The summed E-state index contributed by atoms with van der Waals surface area (Å²) >= 11 is 0. The lowest BCUT2D eigenvalue weighted by atomic mass is 10.1. The van der Waals surface area contributed by atoms with Gasteiger partial charge in [0.1, 0.15) is 0 Å². The van der Waals surface area contributed by atoms with Gasteiger partial charge in [-0.05, 0) is 43.4 Å². The third kappa shape index (κ3) is 4.83. The molecule has 0 bridgehead atoms. The fourth-order valence-corrected chi connectivity index (χ4v) is 4.18. The number of carbonyl (C=O) groups excluding carboxylic acids is 1. The van der Waals surface area contributed by atoms with Gasteiger partial charge in [-0.1, -0.05) is 24.1 Å². The van der Waals surface area contributed by atoms with Crippen molar-refractivity contribution in [2.24, 2.45) is 5.92 Å². The molecule has 1 atom stereocenters. The summed E-state index contributed by atoms with van der Waals surface area (Å²) in [6, 6.07) is 8.88. The van der Waals surface area contributed by atoms with E-state index in [4.69, 9.17) is 14.5 Å². The molecular weight excluding hydrogens is 368 g/mol. The number of rotatable bonds is 7. The van der Waals surface area contributed by atoms with Crippen molar-refractivity contribution >= 4 is 5.91 Å². The Morgan fingerprint density at radius 1 is 1.31 bits per heavy atom. The van der Waals surface area contributed by atoms with Gasteiger partial charge in [-0.15, -0.1) is 0 Å². The molecule has 1 aliphatic heterocycles. The molecule has 152 valence electrons. The molecule has 0 spiro atoms. The Hall–Kier alpha value is -2.72. The third-order valence-corrected chi connectivity index (χ3v) is 5.85. The van der Waals surface area contributed by atoms with Crippen LogP contribution in [0, 0.1) is 17.2 Å². The number of likely N-dealkylation sites (tertiary alicyclic amines) is 1. The fourth-order valence-electron chi connectivity index (χ4n) is 4.18. The van der Waals surface area contributed by atoms with E-state index in [-0.39, 0.29) is 11.8 Å². The molecule has 2 aliphatic rings. The zero-order valence-corrected chi connectivity index (χ0v) is 16.5. The van der Waals surface area contributed by atoms with E-state index in [2.05, 4.69) is 16.2 Å². The van der Waals surface area contributed by atoms with Crippen molar-refractivity contribution in [1.29, 1.82) is 5.26 Å². The fraction of sp³-hybridized carbons (Fsp3) is 0.545. The molecule has 2 heterocycles. The second-order valence-corrected chi connectivity index (χ2v) is 7.95. The van der Waals surface area contributed by atoms with Crippen molar-refractivity contribution in [2.75, 3.05) is 26.3 Å². The lowest BCUT2D eigenvalue weighted by Gasteiger charge is -2.15. The highest BCUT2D eigenvalue weighted by molar-refractivity contribution is 5.94. The first-order valence-electron chi connectivity index (χ1n) is 10.4. The summed E-state index contributed by atoms with van der Waals surface area (Å²) < 4.78 is 11.2. The number of aromatic nitrogens is 2. The summed E-state index contributed by atoms with van der Waals surface area (Å²) in [5.41, 5.74) is 1.03. The van der Waals surface area contributed by atoms with Crippen molar-refractivity contribution in [1.82, 2.24) is 15.0 Å². The molecule has 2 aromatic rings. The van der Waals surface area contributed by atoms with Crippen LogP contribution in [0.5, 0.6) is 0 Å². The minimum absolute atomic E-state index is 0.0544. The first-order chi connectivity index (χ1) is 14.2. The monoisotopic (exact) mass is 394 g/mol. The molecule has 1 aromatic carbocycles. The van der Waals surface area contributed by atoms with Gasteiger partial charge in [-0.3, -0.25) is 4.79 Å². The highest BCUT2D eigenvalue weighted by Gasteiger charge is 2.31. The van der Waals surface area contributed by atoms with E-state index in [1.807, 2.05) is 0 Å². The summed E-state index contributed by atoms with van der Waals surface area (Å²) in [7, 11) is 0. The van der Waals surface area contributed by atoms with Gasteiger partial charge in [0.2, 0.25) is 5.89 Å². The molecule has 2 fully saturated rings. The van der Waals surface area contributed by atoms with Gasteiger partial charge in [-0.2, -0.15) is 10.2 Å². The van der Waals surface area contributed by atoms with E-state index in [1.165, 1.54) is 25.7 Å². The van der Waals surface area contributed by atoms with Crippen LogP contribution >= 0.6 is 0 Å². The van der Waals surface area contributed by atoms with E-state index in [0.29, 0.717) is 54.9 Å². The van der Waals surface area contributed by atoms with Crippen molar-refractivity contribution < 1.29 is 14.1 Å². The number of nitrogens with zero attached hydrogens (tertiary/aromatic N) is 4. The largest absolute Gasteiger partial charge is 0.381 e. The smallest absolute Gasteiger partial charge is 0.253 e. The standard InChI is InChI=1S/C22H26N4O3/c23-13-17-6-3-7-18(12-17)22(27)26-10-8-19(14-26)21-24-20(25-29-21)9-11-28-15-16-4-1-2-5-16/h3,6-7,12,16,19H,1-2,4-5,8-11,14-15H2. The quantitative estimate of drug-likeness (QED) is 0.669. The number of hydrogen-bond donors (Lipinski definition) is 0. The highest BCUT2D eigenvalue weighted by Crippen LogP contribution is 2.27. The maximum atomic E-state index is 12.7. The van der Waals surface area contributed by atoms with Crippen LogP contribution in [0.3, 0.4) is 0 Å². The summed E-state index contributed by atoms with van der Waals surface area (Å²) in [5.74, 6) is 1.96. The molecular formula is C22H26N4O3. The van der Waals surface area contributed by atoms with Gasteiger partial charge in [-0.25, -0.2) is 0 Å². The summed E-state index contributed by atoms with van der Waals surface area (Å²) in [4.78, 5) is 19.0. The molecule has 7 nitrogen and oxygen atoms in total. The lowest BCUT2D eigenvalue weighted by molar-refractivity contribution is 0.0789. The molecule has 1 unspecified atom stereocenters. The molecule has 0 N–H and O–H groups in total. The van der Waals surface area contributed by atoms with Crippen LogP contribution in [-0.2, 0) is 11.2 Å². The summed E-state index contributed by atoms with van der Waals surface area (Å²) in [6.45, 7) is 2.63. The number of benzene rings is 1. The Morgan fingerprint density at radius 3 is 3.00 bits per heavy atom. The van der Waals surface area contributed by atoms with E-state index >= 15 is 0 Å². The molecule has 7 heteroatoms. The van der Waals surface area contributed by atoms with Crippen molar-refractivity contribution in [2.45, 2.75) is 44.4 Å². The van der Waals surface area contributed by atoms with Gasteiger partial charge in [0, 0.05) is 31.7 Å². The SMILES string of the molecule is N#Cc1cccc(C(=O)N2CCC(c3nc(CCOCC4CCCC4)no3)C2)c1. The Morgan fingerprint density at radius 2 is 2.17 bits per heavy atom. The molecule has 1 amide bonds. The van der Waals surface area contributed by atoms with E-state index in [9.17, 15) is 4.79 Å². The number of carbonyl (C=O) groups is 1. The Kier molecular flexibility index (Phi) is 6.20. The maximum absolute atomic E-state index is 12.7. The molecule has 1 saturated carbocycles. The Bertz CT molecular complexity index is 882. The van der Waals surface area contributed by atoms with Crippen LogP contribution in [0.15, 0.2) is 28.8 Å². The second-order valence-electron chi connectivity index (χ2n) is 7.95. The molecule has 0 radical (unpaired) electrons. The minimum atomic E-state index is -0.0651. The van der Waals surface area contributed by atoms with Gasteiger partial charge in [0.25, 0.3) is 5.91 Å². The minimum Gasteiger partial charge on any atom is -0.381 e. The molecule has 4 rings (SSSR count). The summed E-state index contributed by atoms with van der Waals surface area (Å²) in [5, 5.41) is 13.1. The Labute approximate surface area is 170 Å². The van der Waals surface area contributed by atoms with Crippen LogP contribution in [0.1, 0.15) is 65.7 Å². The topological polar surface area (TPSA) is 92.2 Å². The van der Waals surface area contributed by atoms with Crippen molar-refractivity contribution in [3.63, 3.8) is 0 Å². The average molecular weight is 394 g/mol. The van der Waals surface area contributed by atoms with Crippen molar-refractivity contribution in [3.8, 4) is 6.07 Å². The van der Waals surface area contributed by atoms with Gasteiger partial charge in [0.15, 0.2) is 5.82 Å². The Balaban J connectivity index is 1.26. The van der Waals surface area contributed by atoms with Crippen LogP contribution < -0.4 is 0 Å². The van der Waals surface area contributed by atoms with Crippen LogP contribution in [-0.4, -0.2) is 47.3 Å². The van der Waals surface area contributed by atoms with Crippen molar-refractivity contribution in [3.05, 3.63) is 47.1 Å². The van der Waals surface area contributed by atoms with Gasteiger partial charge >= 0.3 is 0 Å². The molecule has 1 aromatic heterocycles. The first kappa shape index (κ1) is 19.6. The number of amides is 1. The normalized spacial score (nSPS) is 19.6. The predicted molar refractivity (Wildman–Crippen MR) is 105 cm³/mol. The number of hydrogen-bond acceptors (Lipinski definition) is 6. The predicted octanol–water partition coefficient (Wildman–Crippen LogP) is 3.32. The van der Waals surface area contributed by atoms with Gasteiger partial charge < -0.3 is 14.2 Å². The van der Waals surface area contributed by atoms with E-state index < -0.39 is 0 Å². The lowest BCUT2D eigenvalue weighted by Crippen LogP contribution is -2.28. The second kappa shape index (κ2) is 9.19. The molecule has 1 saturated heterocycles. The average Bonchev–Trinajstić information content (AvgIpc) is 3.52. The third-order valence-electron chi connectivity index (χ3n) is 5.85. The van der Waals surface area contributed by atoms with Crippen LogP contribution in [0.25, 0.3) is 0 Å². The van der Waals surface area contributed by atoms with E-state index in [0.717, 1.165) is 13.0 Å². The maximum Gasteiger partial charge on any atom is 0.253 e.